The summed E-state index contributed by atoms with van der Waals surface area (Å²) in [6.45, 7) is 0. The summed E-state index contributed by atoms with van der Waals surface area (Å²) in [7, 11) is -3.89. The van der Waals surface area contributed by atoms with Gasteiger partial charge in [-0.15, -0.1) is 0 Å². The largest absolute Gasteiger partial charge is 0.289 e. The van der Waals surface area contributed by atoms with Crippen LogP contribution in [0.25, 0.3) is 11.1 Å². The molecule has 0 unspecified atom stereocenters. The second-order valence-corrected chi connectivity index (χ2v) is 8.60. The van der Waals surface area contributed by atoms with Crippen LogP contribution in [0.2, 0.25) is 0 Å². The Labute approximate surface area is 180 Å². The number of benzene rings is 4. The molecule has 0 saturated carbocycles. The summed E-state index contributed by atoms with van der Waals surface area (Å²) < 4.78 is 41.6. The van der Waals surface area contributed by atoms with E-state index in [4.69, 9.17) is 0 Å². The zero-order valence-electron chi connectivity index (χ0n) is 16.3. The maximum Gasteiger partial charge on any atom is 0.261 e. The van der Waals surface area contributed by atoms with Crippen molar-refractivity contribution in [2.75, 3.05) is 4.72 Å². The Hall–Kier alpha value is -3.77. The molecule has 0 aliphatic heterocycles. The maximum atomic E-state index is 13.2. The van der Waals surface area contributed by atoms with Gasteiger partial charge in [-0.05, 0) is 47.5 Å². The molecular formula is C25H18FNO3S. The third kappa shape index (κ3) is 4.70. The number of hydrogen-bond donors (Lipinski definition) is 1. The van der Waals surface area contributed by atoms with Crippen LogP contribution in [0, 0.1) is 5.82 Å². The summed E-state index contributed by atoms with van der Waals surface area (Å²) in [4.78, 5) is 12.7. The average Bonchev–Trinajstić information content (AvgIpc) is 2.80. The van der Waals surface area contributed by atoms with Crippen molar-refractivity contribution in [3.63, 3.8) is 0 Å². The smallest absolute Gasteiger partial charge is 0.261 e. The predicted molar refractivity (Wildman–Crippen MR) is 119 cm³/mol. The van der Waals surface area contributed by atoms with Gasteiger partial charge in [0, 0.05) is 16.8 Å². The third-order valence-electron chi connectivity index (χ3n) is 4.73. The molecule has 0 spiro atoms. The van der Waals surface area contributed by atoms with E-state index in [1.807, 2.05) is 6.07 Å². The number of carbonyl (C=O) groups excluding carboxylic acids is 1. The molecule has 4 nitrogen and oxygen atoms in total. The molecule has 1 N–H and O–H groups in total. The summed E-state index contributed by atoms with van der Waals surface area (Å²) in [6.07, 6.45) is 0. The molecule has 0 aliphatic rings. The van der Waals surface area contributed by atoms with Crippen LogP contribution in [0.1, 0.15) is 15.9 Å². The van der Waals surface area contributed by atoms with Crippen LogP contribution in [-0.2, 0) is 10.0 Å². The molecule has 31 heavy (non-hydrogen) atoms. The van der Waals surface area contributed by atoms with Crippen LogP contribution in [0.4, 0.5) is 10.1 Å². The van der Waals surface area contributed by atoms with E-state index in [0.717, 1.165) is 0 Å². The Morgan fingerprint density at radius 2 is 1.35 bits per heavy atom. The number of anilines is 1. The van der Waals surface area contributed by atoms with Crippen molar-refractivity contribution in [2.24, 2.45) is 0 Å². The topological polar surface area (TPSA) is 63.2 Å². The fraction of sp³-hybridized carbons (Fsp3) is 0. The first-order chi connectivity index (χ1) is 14.9. The minimum Gasteiger partial charge on any atom is -0.289 e. The van der Waals surface area contributed by atoms with E-state index in [0.29, 0.717) is 22.3 Å². The van der Waals surface area contributed by atoms with Gasteiger partial charge in [0.25, 0.3) is 10.0 Å². The molecule has 0 fully saturated rings. The molecular weight excluding hydrogens is 413 g/mol. The van der Waals surface area contributed by atoms with Crippen LogP contribution in [0.5, 0.6) is 0 Å². The molecule has 0 heterocycles. The van der Waals surface area contributed by atoms with Crippen molar-refractivity contribution in [1.82, 2.24) is 0 Å². The van der Waals surface area contributed by atoms with Gasteiger partial charge in [0.1, 0.15) is 5.82 Å². The maximum absolute atomic E-state index is 13.2. The number of halogens is 1. The van der Waals surface area contributed by atoms with Crippen LogP contribution in [-0.4, -0.2) is 14.2 Å². The van der Waals surface area contributed by atoms with Gasteiger partial charge in [-0.2, -0.15) is 0 Å². The van der Waals surface area contributed by atoms with Gasteiger partial charge in [0.05, 0.1) is 4.90 Å². The number of sulfonamides is 1. The summed E-state index contributed by atoms with van der Waals surface area (Å²) >= 11 is 0. The van der Waals surface area contributed by atoms with Crippen molar-refractivity contribution in [2.45, 2.75) is 4.90 Å². The van der Waals surface area contributed by atoms with Gasteiger partial charge in [-0.3, -0.25) is 9.52 Å². The first-order valence-corrected chi connectivity index (χ1v) is 11.0. The van der Waals surface area contributed by atoms with Crippen molar-refractivity contribution >= 4 is 21.5 Å². The van der Waals surface area contributed by atoms with E-state index in [1.54, 1.807) is 66.7 Å². The fourth-order valence-electron chi connectivity index (χ4n) is 3.18. The Bertz CT molecular complexity index is 1330. The molecule has 0 atom stereocenters. The highest BCUT2D eigenvalue weighted by Gasteiger charge is 2.16. The molecule has 0 aliphatic carbocycles. The van der Waals surface area contributed by atoms with Gasteiger partial charge >= 0.3 is 0 Å². The van der Waals surface area contributed by atoms with Crippen LogP contribution in [0.15, 0.2) is 108 Å². The monoisotopic (exact) mass is 431 g/mol. The summed E-state index contributed by atoms with van der Waals surface area (Å²) in [6, 6.07) is 27.4. The summed E-state index contributed by atoms with van der Waals surface area (Å²) in [5.74, 6) is -0.556. The van der Waals surface area contributed by atoms with Gasteiger partial charge in [-0.25, -0.2) is 12.8 Å². The molecule has 0 aromatic heterocycles. The molecule has 154 valence electrons. The Morgan fingerprint density at radius 3 is 2.10 bits per heavy atom. The van der Waals surface area contributed by atoms with E-state index in [-0.39, 0.29) is 22.2 Å². The fourth-order valence-corrected chi connectivity index (χ4v) is 4.27. The lowest BCUT2D eigenvalue weighted by Gasteiger charge is -2.11. The molecule has 4 rings (SSSR count). The number of rotatable bonds is 6. The Balaban J connectivity index is 1.60. The zero-order chi connectivity index (χ0) is 21.8. The molecule has 0 bridgehead atoms. The second kappa shape index (κ2) is 8.53. The van der Waals surface area contributed by atoms with Crippen molar-refractivity contribution < 1.29 is 17.6 Å². The SMILES string of the molecule is O=C(c1ccccc1)c1cccc(NS(=O)(=O)c2cccc(-c3ccc(F)cc3)c2)c1. The lowest BCUT2D eigenvalue weighted by molar-refractivity contribution is 0.103. The highest BCUT2D eigenvalue weighted by atomic mass is 32.2. The minimum absolute atomic E-state index is 0.0640. The molecule has 4 aromatic rings. The summed E-state index contributed by atoms with van der Waals surface area (Å²) in [5, 5.41) is 0. The quantitative estimate of drug-likeness (QED) is 0.409. The molecule has 6 heteroatoms. The third-order valence-corrected chi connectivity index (χ3v) is 6.11. The van der Waals surface area contributed by atoms with Crippen molar-refractivity contribution in [3.8, 4) is 11.1 Å². The lowest BCUT2D eigenvalue weighted by atomic mass is 10.0. The van der Waals surface area contributed by atoms with Gasteiger partial charge < -0.3 is 0 Å². The Kier molecular flexibility index (Phi) is 5.64. The zero-order valence-corrected chi connectivity index (χ0v) is 17.1. The second-order valence-electron chi connectivity index (χ2n) is 6.92. The number of carbonyl (C=O) groups is 1. The van der Waals surface area contributed by atoms with Crippen molar-refractivity contribution in [1.29, 1.82) is 0 Å². The number of nitrogens with one attached hydrogen (secondary N) is 1. The van der Waals surface area contributed by atoms with Gasteiger partial charge in [0.15, 0.2) is 5.78 Å². The first kappa shape index (κ1) is 20.5. The number of hydrogen-bond acceptors (Lipinski definition) is 3. The normalized spacial score (nSPS) is 11.1. The van der Waals surface area contributed by atoms with Crippen LogP contribution in [0.3, 0.4) is 0 Å². The molecule has 0 saturated heterocycles. The first-order valence-electron chi connectivity index (χ1n) is 9.51. The molecule has 0 amide bonds. The van der Waals surface area contributed by atoms with Gasteiger partial charge in [-0.1, -0.05) is 66.7 Å². The average molecular weight is 431 g/mol. The van der Waals surface area contributed by atoms with E-state index in [2.05, 4.69) is 4.72 Å². The minimum atomic E-state index is -3.89. The van der Waals surface area contributed by atoms with Gasteiger partial charge in [0.2, 0.25) is 0 Å². The molecule has 4 aromatic carbocycles. The summed E-state index contributed by atoms with van der Waals surface area (Å²) in [5.41, 5.74) is 2.54. The van der Waals surface area contributed by atoms with E-state index in [1.165, 1.54) is 30.3 Å². The highest BCUT2D eigenvalue weighted by molar-refractivity contribution is 7.92. The van der Waals surface area contributed by atoms with Crippen molar-refractivity contribution in [3.05, 3.63) is 120 Å². The van der Waals surface area contributed by atoms with E-state index < -0.39 is 10.0 Å². The van der Waals surface area contributed by atoms with Crippen LogP contribution < -0.4 is 4.72 Å². The van der Waals surface area contributed by atoms with E-state index >= 15 is 0 Å². The number of ketones is 1. The molecule has 0 radical (unpaired) electrons. The van der Waals surface area contributed by atoms with E-state index in [9.17, 15) is 17.6 Å². The highest BCUT2D eigenvalue weighted by Crippen LogP contribution is 2.25. The lowest BCUT2D eigenvalue weighted by Crippen LogP contribution is -2.13. The van der Waals surface area contributed by atoms with Crippen LogP contribution >= 0.6 is 0 Å². The predicted octanol–water partition coefficient (Wildman–Crippen LogP) is 5.52. The standard InChI is InChI=1S/C25H18FNO3S/c26-22-14-12-18(13-15-22)20-8-5-11-24(17-20)31(29,30)27-23-10-4-9-21(16-23)25(28)19-6-2-1-3-7-19/h1-17,27H. The Morgan fingerprint density at radius 1 is 0.677 bits per heavy atom.